The van der Waals surface area contributed by atoms with Crippen molar-refractivity contribution in [3.8, 4) is 5.75 Å². The van der Waals surface area contributed by atoms with Crippen molar-refractivity contribution in [1.82, 2.24) is 12.8 Å². The average molecular weight is 260 g/mol. The first-order chi connectivity index (χ1) is 7.34. The first-order valence-electron chi connectivity index (χ1n) is 4.12. The van der Waals surface area contributed by atoms with Crippen LogP contribution in [0.2, 0.25) is 0 Å². The molecule has 2 atom stereocenters. The lowest BCUT2D eigenvalue weighted by molar-refractivity contribution is 0.605. The van der Waals surface area contributed by atoms with Crippen molar-refractivity contribution in [3.63, 3.8) is 0 Å². The summed E-state index contributed by atoms with van der Waals surface area (Å²) in [6.07, 6.45) is 0. The number of fused-ring (bicyclic) bond motifs is 1. The predicted octanol–water partition coefficient (Wildman–Crippen LogP) is 2.70. The number of para-hydroxylation sites is 1. The lowest BCUT2D eigenvalue weighted by Gasteiger charge is -2.04. The van der Waals surface area contributed by atoms with Gasteiger partial charge in [-0.3, -0.25) is 0 Å². The highest BCUT2D eigenvalue weighted by Gasteiger charge is 2.14. The number of aromatic nitrogens is 3. The molecule has 2 aromatic heterocycles. The molecule has 3 aromatic rings. The molecule has 0 bridgehead atoms. The number of benzene rings is 1. The van der Waals surface area contributed by atoms with Gasteiger partial charge < -0.3 is 8.83 Å². The van der Waals surface area contributed by atoms with E-state index < -0.39 is 16.0 Å². The summed E-state index contributed by atoms with van der Waals surface area (Å²) in [5.74, 6) is 6.59. The van der Waals surface area contributed by atoms with Gasteiger partial charge in [0.05, 0.1) is 0 Å². The molecule has 1 aromatic carbocycles. The molecule has 0 spiro atoms. The largest absolute Gasteiger partial charge is 0.415 e. The molecule has 2 unspecified atom stereocenters. The predicted molar refractivity (Wildman–Crippen MR) is 60.3 cm³/mol. The topological polar surface area (TPSA) is 70.6 Å². The molecule has 15 heavy (non-hydrogen) atoms. The molecule has 6 nitrogen and oxygen atoms in total. The van der Waals surface area contributed by atoms with Gasteiger partial charge in [-0.25, -0.2) is 5.84 Å². The van der Waals surface area contributed by atoms with Gasteiger partial charge in [-0.15, -0.1) is 4.51 Å². The fraction of sp³-hybridized carbons (Fsp3) is 0. The van der Waals surface area contributed by atoms with E-state index in [1.807, 2.05) is 30.3 Å². The normalized spacial score (nSPS) is 13.9. The first-order valence-corrected chi connectivity index (χ1v) is 7.25. The number of nitrogen functional groups attached to an aromatic ring is 1. The zero-order valence-electron chi connectivity index (χ0n) is 7.46. The van der Waals surface area contributed by atoms with Gasteiger partial charge in [-0.1, -0.05) is 22.3 Å². The van der Waals surface area contributed by atoms with Gasteiger partial charge in [0.2, 0.25) is 0 Å². The molecule has 3 rings (SSSR count). The lowest BCUT2D eigenvalue weighted by Crippen LogP contribution is -2.04. The molecule has 0 aliphatic heterocycles. The molecule has 0 amide bonds. The smallest absolute Gasteiger partial charge is 0.323 e. The molecule has 0 aliphatic carbocycles. The second-order valence-electron chi connectivity index (χ2n) is 2.74. The maximum absolute atomic E-state index is 5.81. The molecule has 0 radical (unpaired) electrons. The van der Waals surface area contributed by atoms with E-state index in [-0.39, 0.29) is 0 Å². The number of nitrogens with two attached hydrogens (primary N) is 1. The summed E-state index contributed by atoms with van der Waals surface area (Å²) in [5.41, 5.74) is 0. The Morgan fingerprint density at radius 3 is 3.00 bits per heavy atom. The Balaban J connectivity index is 1.95. The van der Waals surface area contributed by atoms with Gasteiger partial charge in [-0.05, 0) is 12.1 Å². The van der Waals surface area contributed by atoms with Crippen molar-refractivity contribution in [2.75, 3.05) is 5.84 Å². The molecular formula is C6H7N4O2P3. The van der Waals surface area contributed by atoms with E-state index in [1.54, 1.807) is 8.30 Å². The SMILES string of the molecule is Nn1p(Oc2ccccc2)npn2op12. The number of hydrogen-bond donors (Lipinski definition) is 1. The summed E-state index contributed by atoms with van der Waals surface area (Å²) >= 11 is 0. The van der Waals surface area contributed by atoms with Crippen molar-refractivity contribution < 1.29 is 8.83 Å². The minimum atomic E-state index is -1.12. The fourth-order valence-corrected chi connectivity index (χ4v) is 5.51. The highest BCUT2D eigenvalue weighted by molar-refractivity contribution is 7.55. The van der Waals surface area contributed by atoms with Gasteiger partial charge in [0.1, 0.15) is 5.75 Å². The standard InChI is InChI=1S/C6H7N4O2P3/c7-9-14(8-13-10-12-15(9)10)11-6-4-2-1-3-5-6/h1-5H,7H2. The molecule has 0 fully saturated rings. The van der Waals surface area contributed by atoms with Gasteiger partial charge in [0.15, 0.2) is 8.51 Å². The van der Waals surface area contributed by atoms with Gasteiger partial charge in [0, 0.05) is 0 Å². The van der Waals surface area contributed by atoms with E-state index in [1.165, 1.54) is 0 Å². The van der Waals surface area contributed by atoms with Crippen LogP contribution in [0.4, 0.5) is 0 Å². The van der Waals surface area contributed by atoms with E-state index >= 15 is 0 Å². The lowest BCUT2D eigenvalue weighted by atomic mass is 10.3. The number of rotatable bonds is 2. The van der Waals surface area contributed by atoms with Crippen LogP contribution in [-0.4, -0.2) is 12.8 Å². The molecule has 2 N–H and O–H groups in total. The van der Waals surface area contributed by atoms with E-state index in [2.05, 4.69) is 4.51 Å². The third-order valence-electron chi connectivity index (χ3n) is 1.74. The van der Waals surface area contributed by atoms with E-state index in [0.717, 1.165) is 14.3 Å². The van der Waals surface area contributed by atoms with Crippen molar-refractivity contribution in [3.05, 3.63) is 30.3 Å². The zero-order chi connectivity index (χ0) is 10.3. The Morgan fingerprint density at radius 2 is 2.20 bits per heavy atom. The second kappa shape index (κ2) is 3.58. The second-order valence-corrected chi connectivity index (χ2v) is 7.21. The summed E-state index contributed by atoms with van der Waals surface area (Å²) in [4.78, 5) is 0. The van der Waals surface area contributed by atoms with Crippen LogP contribution in [0.5, 0.6) is 5.75 Å². The Bertz CT molecular complexity index is 586. The quantitative estimate of drug-likeness (QED) is 0.719. The zero-order valence-corrected chi connectivity index (χ0v) is 10.1. The van der Waals surface area contributed by atoms with Gasteiger partial charge in [0.25, 0.3) is 8.08 Å². The van der Waals surface area contributed by atoms with Crippen LogP contribution in [0.1, 0.15) is 0 Å². The summed E-state index contributed by atoms with van der Waals surface area (Å²) in [6.45, 7) is 0. The molecule has 78 valence electrons. The van der Waals surface area contributed by atoms with Crippen molar-refractivity contribution in [1.29, 1.82) is 0 Å². The van der Waals surface area contributed by atoms with E-state index in [4.69, 9.17) is 14.7 Å². The minimum Gasteiger partial charge on any atom is -0.415 e. The van der Waals surface area contributed by atoms with Gasteiger partial charge >= 0.3 is 7.90 Å². The maximum atomic E-state index is 5.81. The first kappa shape index (κ1) is 9.32. The Labute approximate surface area is 88.6 Å². The van der Waals surface area contributed by atoms with Crippen LogP contribution in [0, 0.1) is 0 Å². The molecule has 9 heteroatoms. The summed E-state index contributed by atoms with van der Waals surface area (Å²) in [7, 11) is -1.11. The van der Waals surface area contributed by atoms with Crippen LogP contribution >= 0.6 is 24.5 Å². The van der Waals surface area contributed by atoms with E-state index in [0.29, 0.717) is 0 Å². The number of nitrogens with zero attached hydrogens (tertiary/aromatic N) is 3. The minimum absolute atomic E-state index is 0.780. The summed E-state index contributed by atoms with van der Waals surface area (Å²) in [6, 6.07) is 9.54. The highest BCUT2D eigenvalue weighted by Crippen LogP contribution is 2.40. The molecule has 0 aliphatic rings. The Kier molecular flexibility index (Phi) is 2.23. The highest BCUT2D eigenvalue weighted by atomic mass is 31.2. The van der Waals surface area contributed by atoms with Crippen molar-refractivity contribution in [2.24, 2.45) is 0 Å². The third-order valence-corrected chi connectivity index (χ3v) is 6.27. The van der Waals surface area contributed by atoms with Crippen LogP contribution in [0.3, 0.4) is 0 Å². The molecule has 0 saturated heterocycles. The van der Waals surface area contributed by atoms with Crippen molar-refractivity contribution in [2.45, 2.75) is 0 Å². The third kappa shape index (κ3) is 1.77. The van der Waals surface area contributed by atoms with E-state index in [9.17, 15) is 0 Å². The monoisotopic (exact) mass is 260 g/mol. The maximum Gasteiger partial charge on any atom is 0.323 e. The Morgan fingerprint density at radius 1 is 1.40 bits per heavy atom. The van der Waals surface area contributed by atoms with Crippen LogP contribution < -0.4 is 10.4 Å². The molecular weight excluding hydrogens is 253 g/mol. The van der Waals surface area contributed by atoms with Crippen LogP contribution in [-0.2, 0) is 0 Å². The van der Waals surface area contributed by atoms with Gasteiger partial charge in [-0.2, -0.15) is 4.20 Å². The number of hydrogen-bond acceptors (Lipinski definition) is 4. The molecule has 2 heterocycles. The van der Waals surface area contributed by atoms with Crippen LogP contribution in [0.25, 0.3) is 0 Å². The fourth-order valence-electron chi connectivity index (χ4n) is 1.03. The Hall–Kier alpha value is -0.920. The summed E-state index contributed by atoms with van der Waals surface area (Å²) < 4.78 is 18.4. The van der Waals surface area contributed by atoms with Crippen molar-refractivity contribution >= 4 is 24.5 Å². The van der Waals surface area contributed by atoms with Crippen LogP contribution in [0.15, 0.2) is 34.6 Å². The molecule has 0 saturated carbocycles. The summed E-state index contributed by atoms with van der Waals surface area (Å²) in [5, 5.41) is 0. The average Bonchev–Trinajstić information content (AvgIpc) is 3.04.